The fraction of sp³-hybridized carbons (Fsp3) is 0.462. The van der Waals surface area contributed by atoms with Gasteiger partial charge >= 0.3 is 5.97 Å². The molecule has 0 aromatic heterocycles. The molecule has 1 aromatic rings. The molecule has 0 heterocycles. The number of benzene rings is 1. The van der Waals surface area contributed by atoms with Crippen LogP contribution in [0.2, 0.25) is 0 Å². The lowest BCUT2D eigenvalue weighted by Crippen LogP contribution is -2.37. The average molecular weight is 221 g/mol. The molecular weight excluding hydrogens is 202 g/mol. The molecule has 0 radical (unpaired) electrons. The molecular formula is C13H19NO2. The molecule has 2 atom stereocenters. The van der Waals surface area contributed by atoms with Gasteiger partial charge in [0.1, 0.15) is 6.04 Å². The molecule has 0 saturated carbocycles. The van der Waals surface area contributed by atoms with Gasteiger partial charge in [0.2, 0.25) is 0 Å². The van der Waals surface area contributed by atoms with Gasteiger partial charge < -0.3 is 5.11 Å². The molecule has 88 valence electrons. The minimum Gasteiger partial charge on any atom is -0.480 e. The molecule has 1 rings (SSSR count). The van der Waals surface area contributed by atoms with Gasteiger partial charge in [0.25, 0.3) is 0 Å². The van der Waals surface area contributed by atoms with Crippen molar-refractivity contribution in [2.45, 2.75) is 39.3 Å². The fourth-order valence-electron chi connectivity index (χ4n) is 1.83. The van der Waals surface area contributed by atoms with E-state index < -0.39 is 12.0 Å². The highest BCUT2D eigenvalue weighted by Gasteiger charge is 2.18. The maximum absolute atomic E-state index is 10.9. The van der Waals surface area contributed by atoms with Gasteiger partial charge in [0, 0.05) is 6.04 Å². The van der Waals surface area contributed by atoms with E-state index in [2.05, 4.69) is 5.32 Å². The summed E-state index contributed by atoms with van der Waals surface area (Å²) in [7, 11) is 0. The maximum atomic E-state index is 10.9. The van der Waals surface area contributed by atoms with Crippen molar-refractivity contribution in [1.82, 2.24) is 5.32 Å². The lowest BCUT2D eigenvalue weighted by molar-refractivity contribution is -0.139. The number of hydrogen-bond acceptors (Lipinski definition) is 2. The summed E-state index contributed by atoms with van der Waals surface area (Å²) in [4.78, 5) is 10.9. The molecule has 0 aliphatic heterocycles. The van der Waals surface area contributed by atoms with Crippen LogP contribution in [-0.2, 0) is 4.79 Å². The number of carbonyl (C=O) groups is 1. The van der Waals surface area contributed by atoms with Crippen molar-refractivity contribution in [2.75, 3.05) is 0 Å². The number of carboxylic acids is 1. The first-order valence-electron chi connectivity index (χ1n) is 5.60. The second-order valence-electron chi connectivity index (χ2n) is 4.04. The zero-order chi connectivity index (χ0) is 12.1. The first-order valence-corrected chi connectivity index (χ1v) is 5.60. The highest BCUT2D eigenvalue weighted by Crippen LogP contribution is 2.17. The van der Waals surface area contributed by atoms with Crippen molar-refractivity contribution in [3.63, 3.8) is 0 Å². The van der Waals surface area contributed by atoms with E-state index in [0.717, 1.165) is 5.56 Å². The minimum atomic E-state index is -0.789. The summed E-state index contributed by atoms with van der Waals surface area (Å²) in [6.07, 6.45) is 0.589. The Morgan fingerprint density at radius 2 is 2.06 bits per heavy atom. The number of rotatable bonds is 5. The molecule has 1 aromatic carbocycles. The smallest absolute Gasteiger partial charge is 0.320 e. The molecule has 0 aliphatic carbocycles. The predicted octanol–water partition coefficient (Wildman–Crippen LogP) is 2.51. The lowest BCUT2D eigenvalue weighted by Gasteiger charge is -2.20. The number of nitrogens with one attached hydrogen (secondary N) is 1. The van der Waals surface area contributed by atoms with Crippen LogP contribution < -0.4 is 5.32 Å². The third-order valence-corrected chi connectivity index (χ3v) is 2.81. The summed E-state index contributed by atoms with van der Waals surface area (Å²) in [5.74, 6) is -0.789. The number of aryl methyl sites for hydroxylation is 1. The van der Waals surface area contributed by atoms with Gasteiger partial charge in [-0.1, -0.05) is 31.2 Å². The molecule has 0 saturated heterocycles. The molecule has 0 amide bonds. The normalized spacial score (nSPS) is 14.4. The molecule has 1 unspecified atom stereocenters. The van der Waals surface area contributed by atoms with E-state index in [4.69, 9.17) is 5.11 Å². The van der Waals surface area contributed by atoms with E-state index in [1.165, 1.54) is 5.56 Å². The quantitative estimate of drug-likeness (QED) is 0.803. The Hall–Kier alpha value is -1.35. The van der Waals surface area contributed by atoms with Gasteiger partial charge in [-0.15, -0.1) is 0 Å². The van der Waals surface area contributed by atoms with Gasteiger partial charge in [-0.25, -0.2) is 0 Å². The van der Waals surface area contributed by atoms with Gasteiger partial charge in [0.05, 0.1) is 0 Å². The summed E-state index contributed by atoms with van der Waals surface area (Å²) in [6, 6.07) is 7.61. The van der Waals surface area contributed by atoms with Crippen molar-refractivity contribution < 1.29 is 9.90 Å². The van der Waals surface area contributed by atoms with Gasteiger partial charge in [0.15, 0.2) is 0 Å². The third kappa shape index (κ3) is 3.07. The first-order chi connectivity index (χ1) is 7.56. The third-order valence-electron chi connectivity index (χ3n) is 2.81. The van der Waals surface area contributed by atoms with Crippen LogP contribution in [0.25, 0.3) is 0 Å². The average Bonchev–Trinajstić information content (AvgIpc) is 2.25. The van der Waals surface area contributed by atoms with Crippen LogP contribution in [-0.4, -0.2) is 17.1 Å². The molecule has 16 heavy (non-hydrogen) atoms. The van der Waals surface area contributed by atoms with Crippen LogP contribution in [0.4, 0.5) is 0 Å². The molecule has 2 N–H and O–H groups in total. The van der Waals surface area contributed by atoms with Crippen molar-refractivity contribution >= 4 is 5.97 Å². The summed E-state index contributed by atoms with van der Waals surface area (Å²) >= 11 is 0. The number of hydrogen-bond donors (Lipinski definition) is 2. The van der Waals surface area contributed by atoms with Crippen LogP contribution in [0.15, 0.2) is 24.3 Å². The van der Waals surface area contributed by atoms with Crippen molar-refractivity contribution in [3.8, 4) is 0 Å². The van der Waals surface area contributed by atoms with Gasteiger partial charge in [-0.05, 0) is 31.4 Å². The zero-order valence-corrected chi connectivity index (χ0v) is 10.0. The monoisotopic (exact) mass is 221 g/mol. The van der Waals surface area contributed by atoms with Crippen LogP contribution in [0.5, 0.6) is 0 Å². The largest absolute Gasteiger partial charge is 0.480 e. The van der Waals surface area contributed by atoms with Crippen LogP contribution in [0, 0.1) is 6.92 Å². The minimum absolute atomic E-state index is 0.0576. The van der Waals surface area contributed by atoms with Crippen molar-refractivity contribution in [3.05, 3.63) is 35.4 Å². The number of aliphatic carboxylic acids is 1. The lowest BCUT2D eigenvalue weighted by atomic mass is 10.0. The molecule has 0 fully saturated rings. The van der Waals surface area contributed by atoms with E-state index in [0.29, 0.717) is 6.42 Å². The molecule has 0 bridgehead atoms. The Balaban J connectivity index is 2.75. The summed E-state index contributed by atoms with van der Waals surface area (Å²) < 4.78 is 0. The standard InChI is InChI=1S/C13H19NO2/c1-4-12(13(15)16)14-10(3)11-8-6-5-7-9(11)2/h5-8,10,12,14H,4H2,1-3H3,(H,15,16)/t10-,12?/m1/s1. The Morgan fingerprint density at radius 3 is 2.56 bits per heavy atom. The van der Waals surface area contributed by atoms with Crippen molar-refractivity contribution in [2.24, 2.45) is 0 Å². The fourth-order valence-corrected chi connectivity index (χ4v) is 1.83. The number of carboxylic acid groups (broad SMARTS) is 1. The zero-order valence-electron chi connectivity index (χ0n) is 10.0. The van der Waals surface area contributed by atoms with Crippen LogP contribution in [0.3, 0.4) is 0 Å². The summed E-state index contributed by atoms with van der Waals surface area (Å²) in [6.45, 7) is 5.90. The SMILES string of the molecule is CCC(N[C@H](C)c1ccccc1C)C(=O)O. The first kappa shape index (κ1) is 12.7. The second kappa shape index (κ2) is 5.66. The topological polar surface area (TPSA) is 49.3 Å². The Labute approximate surface area is 96.5 Å². The predicted molar refractivity (Wildman–Crippen MR) is 64.4 cm³/mol. The molecule has 0 spiro atoms. The highest BCUT2D eigenvalue weighted by atomic mass is 16.4. The van der Waals surface area contributed by atoms with Crippen LogP contribution in [0.1, 0.15) is 37.4 Å². The van der Waals surface area contributed by atoms with Crippen LogP contribution >= 0.6 is 0 Å². The highest BCUT2D eigenvalue weighted by molar-refractivity contribution is 5.73. The Bertz CT molecular complexity index is 363. The second-order valence-corrected chi connectivity index (χ2v) is 4.04. The van der Waals surface area contributed by atoms with E-state index in [-0.39, 0.29) is 6.04 Å². The summed E-state index contributed by atoms with van der Waals surface area (Å²) in [5, 5.41) is 12.1. The van der Waals surface area contributed by atoms with Crippen molar-refractivity contribution in [1.29, 1.82) is 0 Å². The Kier molecular flexibility index (Phi) is 4.50. The molecule has 0 aliphatic rings. The maximum Gasteiger partial charge on any atom is 0.320 e. The Morgan fingerprint density at radius 1 is 1.44 bits per heavy atom. The van der Waals surface area contributed by atoms with Gasteiger partial charge in [-0.3, -0.25) is 10.1 Å². The van der Waals surface area contributed by atoms with E-state index in [1.807, 2.05) is 45.0 Å². The summed E-state index contributed by atoms with van der Waals surface area (Å²) in [5.41, 5.74) is 2.34. The molecule has 3 nitrogen and oxygen atoms in total. The van der Waals surface area contributed by atoms with E-state index in [9.17, 15) is 4.79 Å². The van der Waals surface area contributed by atoms with Gasteiger partial charge in [-0.2, -0.15) is 0 Å². The molecule has 3 heteroatoms. The van der Waals surface area contributed by atoms with E-state index in [1.54, 1.807) is 0 Å². The van der Waals surface area contributed by atoms with E-state index >= 15 is 0 Å².